The highest BCUT2D eigenvalue weighted by Crippen LogP contribution is 2.26. The minimum atomic E-state index is -1.68. The lowest BCUT2D eigenvalue weighted by Gasteiger charge is -2.41. The number of rotatable bonds is 19. The fraction of sp³-hybridized carbons (Fsp3) is 0.788. The first-order valence-electron chi connectivity index (χ1n) is 32.6. The molecule has 1 heterocycles. The summed E-state index contributed by atoms with van der Waals surface area (Å²) in [6.45, 7) is 29.6. The number of esters is 1. The summed E-state index contributed by atoms with van der Waals surface area (Å²) in [5.41, 5.74) is 0. The highest BCUT2D eigenvalue weighted by atomic mass is 32.2. The van der Waals surface area contributed by atoms with Crippen molar-refractivity contribution in [1.82, 2.24) is 55.6 Å². The van der Waals surface area contributed by atoms with Crippen molar-refractivity contribution >= 4 is 82.7 Å². The molecule has 1 aliphatic heterocycles. The number of allylic oxidation sites excluding steroid dienone is 2. The number of hydrogen-bond donors (Lipinski definition) is 5. The van der Waals surface area contributed by atoms with E-state index in [1.54, 1.807) is 60.6 Å². The normalized spacial score (nSPS) is 26.5. The van der Waals surface area contributed by atoms with Crippen molar-refractivity contribution in [3.05, 3.63) is 12.2 Å². The van der Waals surface area contributed by atoms with Crippen LogP contribution in [0.3, 0.4) is 0 Å². The number of hydrogen-bond acceptors (Lipinski definition) is 15. The summed E-state index contributed by atoms with van der Waals surface area (Å²) in [7, 11) is 11.0. The third-order valence-electron chi connectivity index (χ3n) is 17.1. The van der Waals surface area contributed by atoms with Crippen LogP contribution in [0.5, 0.6) is 0 Å². The molecule has 1 saturated heterocycles. The third kappa shape index (κ3) is 23.6. The lowest BCUT2D eigenvalue weighted by atomic mass is 9.91. The van der Waals surface area contributed by atoms with Crippen LogP contribution in [0.15, 0.2) is 12.2 Å². The monoisotopic (exact) mass is 1320 g/mol. The Kier molecular flexibility index (Phi) is 35.3. The van der Waals surface area contributed by atoms with Gasteiger partial charge in [-0.2, -0.15) is 0 Å². The van der Waals surface area contributed by atoms with Gasteiger partial charge in [0.25, 0.3) is 0 Å². The second-order valence-electron chi connectivity index (χ2n) is 27.4. The second kappa shape index (κ2) is 38.8. The van der Waals surface area contributed by atoms with E-state index in [4.69, 9.17) is 4.74 Å². The molecule has 1 rings (SSSR count). The fourth-order valence-electron chi connectivity index (χ4n) is 11.3. The maximum Gasteiger partial charge on any atom is 0.315 e. The van der Waals surface area contributed by atoms with Crippen molar-refractivity contribution in [3.63, 3.8) is 0 Å². The van der Waals surface area contributed by atoms with Gasteiger partial charge in [0.1, 0.15) is 66.5 Å². The highest BCUT2D eigenvalue weighted by molar-refractivity contribution is 8.00. The van der Waals surface area contributed by atoms with Crippen LogP contribution in [0.4, 0.5) is 0 Å². The average molecular weight is 1320 g/mol. The van der Waals surface area contributed by atoms with Gasteiger partial charge in [-0.05, 0) is 101 Å². The molecule has 25 nitrogen and oxygen atoms in total. The lowest BCUT2D eigenvalue weighted by Crippen LogP contribution is -2.64. The maximum atomic E-state index is 15.3. The van der Waals surface area contributed by atoms with E-state index >= 15 is 28.8 Å². The Balaban J connectivity index is 4.54. The fourth-order valence-corrected chi connectivity index (χ4v) is 12.3. The molecule has 11 amide bonds. The molecule has 0 aromatic rings. The Morgan fingerprint density at radius 2 is 0.891 bits per heavy atom. The first kappa shape index (κ1) is 83.7. The molecule has 1 aliphatic rings. The van der Waals surface area contributed by atoms with Gasteiger partial charge >= 0.3 is 5.97 Å². The maximum absolute atomic E-state index is 15.3. The van der Waals surface area contributed by atoms with Crippen molar-refractivity contribution in [2.75, 3.05) is 67.9 Å². The molecule has 526 valence electrons. The van der Waals surface area contributed by atoms with Gasteiger partial charge in [0.2, 0.25) is 65.0 Å². The molecule has 0 saturated carbocycles. The minimum Gasteiger partial charge on any atom is -0.468 e. The molecule has 92 heavy (non-hydrogen) atoms. The van der Waals surface area contributed by atoms with E-state index in [9.17, 15) is 33.9 Å². The number of carbonyl (C=O) groups is 12. The summed E-state index contributed by atoms with van der Waals surface area (Å²) in [6, 6.07) is -14.3. The van der Waals surface area contributed by atoms with Crippen LogP contribution in [0.1, 0.15) is 156 Å². The van der Waals surface area contributed by atoms with Gasteiger partial charge in [-0.25, -0.2) is 0 Å². The van der Waals surface area contributed by atoms with Crippen LogP contribution in [-0.2, 0) is 62.3 Å². The molecule has 0 unspecified atom stereocenters. The predicted octanol–water partition coefficient (Wildman–Crippen LogP) is 3.54. The van der Waals surface area contributed by atoms with E-state index in [1.165, 1.54) is 94.8 Å². The number of aliphatic hydroxyl groups is 1. The average Bonchev–Trinajstić information content (AvgIpc) is 0.814. The Morgan fingerprint density at radius 3 is 1.34 bits per heavy atom. The zero-order chi connectivity index (χ0) is 71.3. The molecule has 0 spiro atoms. The molecule has 0 aromatic carbocycles. The molecule has 0 radical (unpaired) electrons. The standard InChI is InChI=1S/C66H117N11O14S/c1-26-28-29-42(15)55(79)54-59(83)69-45(27-2)61(85)75(22)50(34-92-35-51(78)91-25)64(88)71(18)47(31-37(5)6)58(82)70-52(40(11)12)65(89)72(19)46(30-36(3)4)57(81)67-43(16)56(80)68-44(17)60(84)73(20)48(32-38(7)8)62(86)74(21)49(33-39(9)10)63(87)76(23)53(41(13)14)66(90)77(54)24/h26,28,36-50,52-55,79H,27,29-35H2,1-25H3,(H,67,81)(H,68,80)(H,69,83)(H,70,82)/t42-,43-,44+,45-,46-,47+,48-,49-,50-,52-,53-,54-,55-/m1/s1. The number of nitrogens with one attached hydrogen (secondary N) is 4. The summed E-state index contributed by atoms with van der Waals surface area (Å²) in [5.74, 6) is -11.5. The molecule has 0 aliphatic carbocycles. The van der Waals surface area contributed by atoms with Gasteiger partial charge in [0.15, 0.2) is 0 Å². The first-order valence-corrected chi connectivity index (χ1v) is 33.7. The Hall–Kier alpha value is -6.31. The lowest BCUT2D eigenvalue weighted by molar-refractivity contribution is -0.157. The first-order chi connectivity index (χ1) is 42.6. The van der Waals surface area contributed by atoms with Crippen LogP contribution in [0, 0.1) is 41.4 Å². The van der Waals surface area contributed by atoms with E-state index < -0.39 is 161 Å². The predicted molar refractivity (Wildman–Crippen MR) is 357 cm³/mol. The Labute approximate surface area is 553 Å². The van der Waals surface area contributed by atoms with Crippen LogP contribution in [0.25, 0.3) is 0 Å². The topological polar surface area (TPSA) is 305 Å². The molecule has 26 heteroatoms. The summed E-state index contributed by atoms with van der Waals surface area (Å²) in [5, 5.41) is 23.3. The van der Waals surface area contributed by atoms with Gasteiger partial charge in [-0.15, -0.1) is 11.8 Å². The molecular weight excluding hydrogens is 1200 g/mol. The molecule has 13 atom stereocenters. The van der Waals surface area contributed by atoms with E-state index in [-0.39, 0.29) is 73.7 Å². The molecule has 5 N–H and O–H groups in total. The zero-order valence-electron chi connectivity index (χ0n) is 60.1. The summed E-state index contributed by atoms with van der Waals surface area (Å²) >= 11 is 0.984. The van der Waals surface area contributed by atoms with Crippen molar-refractivity contribution in [3.8, 4) is 0 Å². The van der Waals surface area contributed by atoms with Crippen molar-refractivity contribution in [2.24, 2.45) is 41.4 Å². The SMILES string of the molecule is CC=CC[C@@H](C)[C@@H](O)[C@@H]1C(=O)N[C@H](CC)C(=O)N(C)[C@H](CSCC(=O)OC)C(=O)N(C)[C@@H](CC(C)C)C(=O)N[C@H](C(C)C)C(=O)N(C)[C@H](CC(C)C)C(=O)N[C@H](C)C(=O)N[C@@H](C)C(=O)N(C)[C@H](CC(C)C)C(=O)N(C)[C@H](CC(C)C)C(=O)N(C)[C@H](C(C)C)C(=O)N1C. The van der Waals surface area contributed by atoms with E-state index in [0.29, 0.717) is 0 Å². The smallest absolute Gasteiger partial charge is 0.315 e. The molecule has 1 fully saturated rings. The summed E-state index contributed by atoms with van der Waals surface area (Å²) in [4.78, 5) is 184. The number of nitrogens with zero attached hydrogens (tertiary/aromatic N) is 7. The Bertz CT molecular complexity index is 2550. The van der Waals surface area contributed by atoms with Gasteiger partial charge < -0.3 is 65.4 Å². The van der Waals surface area contributed by atoms with Crippen molar-refractivity contribution < 1.29 is 67.4 Å². The largest absolute Gasteiger partial charge is 0.468 e. The van der Waals surface area contributed by atoms with Gasteiger partial charge in [-0.3, -0.25) is 57.5 Å². The van der Waals surface area contributed by atoms with Crippen molar-refractivity contribution in [2.45, 2.75) is 229 Å². The van der Waals surface area contributed by atoms with Crippen LogP contribution >= 0.6 is 11.8 Å². The highest BCUT2D eigenvalue weighted by Gasteiger charge is 2.46. The van der Waals surface area contributed by atoms with Crippen LogP contribution in [0.2, 0.25) is 0 Å². The number of ether oxygens (including phenoxy) is 1. The zero-order valence-corrected chi connectivity index (χ0v) is 60.9. The molecule has 0 bridgehead atoms. The minimum absolute atomic E-state index is 0.0585. The molecular formula is C66H117N11O14S. The third-order valence-corrected chi connectivity index (χ3v) is 18.1. The summed E-state index contributed by atoms with van der Waals surface area (Å²) < 4.78 is 4.87. The van der Waals surface area contributed by atoms with Crippen molar-refractivity contribution in [1.29, 1.82) is 0 Å². The molecule has 0 aromatic heterocycles. The number of methoxy groups -OCH3 is 1. The van der Waals surface area contributed by atoms with E-state index in [2.05, 4.69) is 21.3 Å². The quantitative estimate of drug-likeness (QED) is 0.0913. The number of thioether (sulfide) groups is 1. The number of amides is 11. The van der Waals surface area contributed by atoms with Gasteiger partial charge in [0.05, 0.1) is 19.0 Å². The van der Waals surface area contributed by atoms with Gasteiger partial charge in [-0.1, -0.05) is 109 Å². The van der Waals surface area contributed by atoms with E-state index in [1.807, 2.05) is 55.4 Å². The van der Waals surface area contributed by atoms with Crippen LogP contribution in [-0.4, -0.2) is 251 Å². The summed E-state index contributed by atoms with van der Waals surface area (Å²) in [6.07, 6.45) is 2.68. The number of aliphatic hydroxyl groups excluding tert-OH is 1. The van der Waals surface area contributed by atoms with Gasteiger partial charge in [0, 0.05) is 55.1 Å². The second-order valence-corrected chi connectivity index (χ2v) is 28.4. The van der Waals surface area contributed by atoms with Crippen LogP contribution < -0.4 is 21.3 Å². The number of carbonyl (C=O) groups excluding carboxylic acids is 12. The van der Waals surface area contributed by atoms with E-state index in [0.717, 1.165) is 21.6 Å². The number of likely N-dealkylation sites (N-methyl/N-ethyl adjacent to an activating group) is 7. The Morgan fingerprint density at radius 1 is 0.489 bits per heavy atom.